The topological polar surface area (TPSA) is 46.5 Å². The normalized spacial score (nSPS) is 16.6. The van der Waals surface area contributed by atoms with E-state index in [9.17, 15) is 0 Å². The number of H-pyrrole nitrogens is 1. The van der Waals surface area contributed by atoms with Gasteiger partial charge in [-0.1, -0.05) is 26.2 Å². The predicted molar refractivity (Wildman–Crippen MR) is 84.6 cm³/mol. The first-order valence-corrected chi connectivity index (χ1v) is 8.63. The summed E-state index contributed by atoms with van der Waals surface area (Å²) in [6, 6.07) is 0. The number of nitrogens with zero attached hydrogens (tertiary/aromatic N) is 3. The van der Waals surface area contributed by atoms with E-state index in [2.05, 4.69) is 26.7 Å². The van der Waals surface area contributed by atoms with Gasteiger partial charge in [-0.3, -0.25) is 9.67 Å². The van der Waals surface area contributed by atoms with Crippen molar-refractivity contribution in [2.24, 2.45) is 0 Å². The maximum absolute atomic E-state index is 5.30. The van der Waals surface area contributed by atoms with Crippen LogP contribution >= 0.6 is 23.6 Å². The third-order valence-corrected chi connectivity index (χ3v) is 5.37. The zero-order chi connectivity index (χ0) is 13.9. The minimum absolute atomic E-state index is 0.657. The maximum atomic E-state index is 5.30. The van der Waals surface area contributed by atoms with Gasteiger partial charge in [-0.05, 0) is 31.5 Å². The number of aromatic amines is 1. The lowest BCUT2D eigenvalue weighted by molar-refractivity contribution is 0.442. The van der Waals surface area contributed by atoms with Gasteiger partial charge in [-0.25, -0.2) is 4.98 Å². The molecule has 6 heteroatoms. The van der Waals surface area contributed by atoms with Crippen LogP contribution in [0.4, 0.5) is 0 Å². The standard InChI is InChI=1S/C14H20N4S2/c1-2-8-18-12(16-17-14(18)19)11-9-15-13(20-11)10-6-4-3-5-7-10/h9-10H,2-8H2,1H3,(H,17,19). The molecule has 1 saturated carbocycles. The van der Waals surface area contributed by atoms with E-state index in [-0.39, 0.29) is 0 Å². The van der Waals surface area contributed by atoms with Gasteiger partial charge >= 0.3 is 0 Å². The smallest absolute Gasteiger partial charge is 0.195 e. The first kappa shape index (κ1) is 13.9. The van der Waals surface area contributed by atoms with Gasteiger partial charge in [-0.2, -0.15) is 5.10 Å². The summed E-state index contributed by atoms with van der Waals surface area (Å²) in [5.74, 6) is 1.60. The van der Waals surface area contributed by atoms with Gasteiger partial charge in [0.15, 0.2) is 10.6 Å². The van der Waals surface area contributed by atoms with E-state index >= 15 is 0 Å². The van der Waals surface area contributed by atoms with Crippen molar-refractivity contribution >= 4 is 23.6 Å². The number of hydrogen-bond acceptors (Lipinski definition) is 4. The predicted octanol–water partition coefficient (Wildman–Crippen LogP) is 4.52. The molecule has 1 aliphatic carbocycles. The van der Waals surface area contributed by atoms with Gasteiger partial charge < -0.3 is 0 Å². The highest BCUT2D eigenvalue weighted by Crippen LogP contribution is 2.37. The summed E-state index contributed by atoms with van der Waals surface area (Å²) < 4.78 is 2.78. The fourth-order valence-corrected chi connectivity index (χ4v) is 4.18. The molecule has 1 N–H and O–H groups in total. The van der Waals surface area contributed by atoms with Gasteiger partial charge in [0, 0.05) is 18.7 Å². The molecule has 0 atom stereocenters. The van der Waals surface area contributed by atoms with Crippen molar-refractivity contribution in [3.8, 4) is 10.7 Å². The molecule has 4 nitrogen and oxygen atoms in total. The zero-order valence-corrected chi connectivity index (χ0v) is 13.4. The van der Waals surface area contributed by atoms with Gasteiger partial charge in [0.05, 0.1) is 9.88 Å². The van der Waals surface area contributed by atoms with E-state index in [4.69, 9.17) is 12.2 Å². The van der Waals surface area contributed by atoms with Crippen LogP contribution in [0.5, 0.6) is 0 Å². The van der Waals surface area contributed by atoms with Crippen molar-refractivity contribution in [3.63, 3.8) is 0 Å². The molecule has 108 valence electrons. The Hall–Kier alpha value is -1.01. The molecule has 0 aliphatic heterocycles. The van der Waals surface area contributed by atoms with E-state index in [0.29, 0.717) is 10.7 Å². The molecule has 0 bridgehead atoms. The summed E-state index contributed by atoms with van der Waals surface area (Å²) in [4.78, 5) is 5.77. The Morgan fingerprint density at radius 3 is 2.95 bits per heavy atom. The van der Waals surface area contributed by atoms with Crippen molar-refractivity contribution in [2.45, 2.75) is 57.9 Å². The number of aromatic nitrogens is 4. The molecular weight excluding hydrogens is 288 g/mol. The van der Waals surface area contributed by atoms with Crippen LogP contribution in [0.3, 0.4) is 0 Å². The van der Waals surface area contributed by atoms with Crippen molar-refractivity contribution in [1.82, 2.24) is 19.7 Å². The summed E-state index contributed by atoms with van der Waals surface area (Å²) in [5, 5.41) is 8.56. The van der Waals surface area contributed by atoms with Gasteiger partial charge in [-0.15, -0.1) is 11.3 Å². The average Bonchev–Trinajstić information content (AvgIpc) is 3.08. The molecule has 2 aromatic rings. The van der Waals surface area contributed by atoms with Crippen molar-refractivity contribution in [2.75, 3.05) is 0 Å². The van der Waals surface area contributed by atoms with Gasteiger partial charge in [0.2, 0.25) is 0 Å². The van der Waals surface area contributed by atoms with Crippen LogP contribution in [0.25, 0.3) is 10.7 Å². The number of hydrogen-bond donors (Lipinski definition) is 1. The molecule has 2 aromatic heterocycles. The van der Waals surface area contributed by atoms with E-state index in [1.165, 1.54) is 37.1 Å². The molecular formula is C14H20N4S2. The second-order valence-electron chi connectivity index (χ2n) is 5.40. The average molecular weight is 308 g/mol. The quantitative estimate of drug-likeness (QED) is 0.845. The maximum Gasteiger partial charge on any atom is 0.195 e. The Kier molecular flexibility index (Phi) is 4.31. The van der Waals surface area contributed by atoms with Crippen molar-refractivity contribution in [3.05, 3.63) is 16.0 Å². The largest absolute Gasteiger partial charge is 0.299 e. The van der Waals surface area contributed by atoms with Crippen LogP contribution in [-0.2, 0) is 6.54 Å². The highest BCUT2D eigenvalue weighted by atomic mass is 32.1. The molecule has 0 radical (unpaired) electrons. The van der Waals surface area contributed by atoms with E-state index < -0.39 is 0 Å². The lowest BCUT2D eigenvalue weighted by Crippen LogP contribution is -2.03. The lowest BCUT2D eigenvalue weighted by atomic mass is 9.90. The zero-order valence-electron chi connectivity index (χ0n) is 11.8. The van der Waals surface area contributed by atoms with Crippen LogP contribution in [0, 0.1) is 4.77 Å². The minimum atomic E-state index is 0.657. The molecule has 0 unspecified atom stereocenters. The Bertz CT molecular complexity index is 619. The Balaban J connectivity index is 1.88. The first-order valence-electron chi connectivity index (χ1n) is 7.41. The van der Waals surface area contributed by atoms with Crippen LogP contribution in [-0.4, -0.2) is 19.7 Å². The second-order valence-corrected chi connectivity index (χ2v) is 6.85. The van der Waals surface area contributed by atoms with Crippen molar-refractivity contribution in [1.29, 1.82) is 0 Å². The fraction of sp³-hybridized carbons (Fsp3) is 0.643. The Morgan fingerprint density at radius 1 is 1.40 bits per heavy atom. The molecule has 1 aliphatic rings. The minimum Gasteiger partial charge on any atom is -0.299 e. The highest BCUT2D eigenvalue weighted by Gasteiger charge is 2.20. The lowest BCUT2D eigenvalue weighted by Gasteiger charge is -2.18. The van der Waals surface area contributed by atoms with Crippen LogP contribution in [0.2, 0.25) is 0 Å². The summed E-state index contributed by atoms with van der Waals surface area (Å²) in [6.07, 6.45) is 9.65. The Morgan fingerprint density at radius 2 is 2.20 bits per heavy atom. The van der Waals surface area contributed by atoms with E-state index in [1.807, 2.05) is 6.20 Å². The molecule has 0 aromatic carbocycles. The van der Waals surface area contributed by atoms with Crippen LogP contribution in [0.15, 0.2) is 6.20 Å². The molecule has 20 heavy (non-hydrogen) atoms. The fourth-order valence-electron chi connectivity index (χ4n) is 2.87. The SMILES string of the molecule is CCCn1c(-c2cnc(C3CCCCC3)s2)n[nH]c1=S. The van der Waals surface area contributed by atoms with E-state index in [0.717, 1.165) is 23.7 Å². The molecule has 2 heterocycles. The summed E-state index contributed by atoms with van der Waals surface area (Å²) in [5.41, 5.74) is 0. The van der Waals surface area contributed by atoms with Gasteiger partial charge in [0.1, 0.15) is 0 Å². The third-order valence-electron chi connectivity index (χ3n) is 3.90. The van der Waals surface area contributed by atoms with Crippen LogP contribution in [0.1, 0.15) is 56.4 Å². The monoisotopic (exact) mass is 308 g/mol. The number of nitrogens with one attached hydrogen (secondary N) is 1. The Labute approximate surface area is 128 Å². The summed E-state index contributed by atoms with van der Waals surface area (Å²) in [7, 11) is 0. The molecule has 0 amide bonds. The van der Waals surface area contributed by atoms with Crippen LogP contribution < -0.4 is 0 Å². The number of thiazole rings is 1. The van der Waals surface area contributed by atoms with Crippen molar-refractivity contribution < 1.29 is 0 Å². The number of rotatable bonds is 4. The summed E-state index contributed by atoms with van der Waals surface area (Å²) in [6.45, 7) is 3.06. The van der Waals surface area contributed by atoms with E-state index in [1.54, 1.807) is 11.3 Å². The second kappa shape index (κ2) is 6.18. The highest BCUT2D eigenvalue weighted by molar-refractivity contribution is 7.71. The summed E-state index contributed by atoms with van der Waals surface area (Å²) >= 11 is 7.08. The molecule has 3 rings (SSSR count). The molecule has 1 fully saturated rings. The van der Waals surface area contributed by atoms with Gasteiger partial charge in [0.25, 0.3) is 0 Å². The first-order chi connectivity index (χ1) is 9.79. The molecule has 0 spiro atoms. The molecule has 0 saturated heterocycles. The third kappa shape index (κ3) is 2.72.